The van der Waals surface area contributed by atoms with E-state index in [2.05, 4.69) is 28.7 Å². The molecule has 0 aliphatic rings. The zero-order valence-corrected chi connectivity index (χ0v) is 13.3. The quantitative estimate of drug-likeness (QED) is 0.553. The number of hydrogen-bond donors (Lipinski definition) is 1. The van der Waals surface area contributed by atoms with Crippen molar-refractivity contribution in [3.63, 3.8) is 0 Å². The van der Waals surface area contributed by atoms with Crippen LogP contribution >= 0.6 is 11.6 Å². The number of rotatable bonds is 3. The van der Waals surface area contributed by atoms with E-state index in [0.29, 0.717) is 10.6 Å². The van der Waals surface area contributed by atoms with Crippen molar-refractivity contribution in [3.8, 4) is 0 Å². The van der Waals surface area contributed by atoms with Gasteiger partial charge in [0.15, 0.2) is 0 Å². The van der Waals surface area contributed by atoms with E-state index in [-0.39, 0.29) is 5.91 Å². The van der Waals surface area contributed by atoms with Gasteiger partial charge in [0, 0.05) is 10.6 Å². The molecule has 0 aliphatic carbocycles. The third-order valence-corrected chi connectivity index (χ3v) is 3.81. The van der Waals surface area contributed by atoms with Crippen molar-refractivity contribution in [2.24, 2.45) is 5.10 Å². The van der Waals surface area contributed by atoms with Gasteiger partial charge in [-0.1, -0.05) is 54.1 Å². The predicted octanol–water partition coefficient (Wildman–Crippen LogP) is 4.65. The van der Waals surface area contributed by atoms with E-state index >= 15 is 0 Å². The van der Waals surface area contributed by atoms with Gasteiger partial charge in [0.05, 0.1) is 5.71 Å². The molecule has 0 atom stereocenters. The van der Waals surface area contributed by atoms with E-state index in [1.807, 2.05) is 31.2 Å². The molecule has 0 spiro atoms. The lowest BCUT2D eigenvalue weighted by molar-refractivity contribution is 0.0955. The first-order valence-electron chi connectivity index (χ1n) is 7.23. The molecule has 3 aromatic rings. The van der Waals surface area contributed by atoms with Crippen molar-refractivity contribution in [1.29, 1.82) is 0 Å². The summed E-state index contributed by atoms with van der Waals surface area (Å²) in [5, 5.41) is 7.02. The maximum absolute atomic E-state index is 12.1. The minimum atomic E-state index is -0.285. The molecule has 0 heterocycles. The lowest BCUT2D eigenvalue weighted by Crippen LogP contribution is -2.19. The molecule has 0 aliphatic heterocycles. The number of nitrogens with zero attached hydrogens (tertiary/aromatic N) is 1. The van der Waals surface area contributed by atoms with Crippen LogP contribution in [0.3, 0.4) is 0 Å². The van der Waals surface area contributed by atoms with Crippen LogP contribution in [0.1, 0.15) is 22.8 Å². The van der Waals surface area contributed by atoms with Crippen LogP contribution in [0.5, 0.6) is 0 Å². The van der Waals surface area contributed by atoms with Gasteiger partial charge in [0.1, 0.15) is 0 Å². The van der Waals surface area contributed by atoms with Gasteiger partial charge < -0.3 is 0 Å². The van der Waals surface area contributed by atoms with Crippen LogP contribution in [0.4, 0.5) is 0 Å². The highest BCUT2D eigenvalue weighted by molar-refractivity contribution is 6.31. The Morgan fingerprint density at radius 2 is 1.70 bits per heavy atom. The van der Waals surface area contributed by atoms with Crippen LogP contribution in [0.15, 0.2) is 71.8 Å². The van der Waals surface area contributed by atoms with Crippen molar-refractivity contribution in [1.82, 2.24) is 5.43 Å². The van der Waals surface area contributed by atoms with Gasteiger partial charge >= 0.3 is 0 Å². The number of hydrazone groups is 1. The lowest BCUT2D eigenvalue weighted by Gasteiger charge is -2.05. The molecule has 0 unspecified atom stereocenters. The number of hydrogen-bond acceptors (Lipinski definition) is 2. The summed E-state index contributed by atoms with van der Waals surface area (Å²) >= 11 is 5.89. The standard InChI is InChI=1S/C19H15ClN2O/c1-13(15-10-9-14-5-2-3-6-16(14)11-15)21-22-19(23)17-7-4-8-18(20)12-17/h2-12H,1H3,(H,22,23)/b21-13+. The summed E-state index contributed by atoms with van der Waals surface area (Å²) in [6, 6.07) is 21.0. The Bertz CT molecular complexity index is 903. The van der Waals surface area contributed by atoms with Crippen molar-refractivity contribution in [2.45, 2.75) is 6.92 Å². The Balaban J connectivity index is 1.79. The van der Waals surface area contributed by atoms with Crippen molar-refractivity contribution >= 4 is 34.0 Å². The second-order valence-corrected chi connectivity index (χ2v) is 5.65. The van der Waals surface area contributed by atoms with Crippen molar-refractivity contribution in [3.05, 3.63) is 82.9 Å². The molecule has 3 rings (SSSR count). The molecule has 3 aromatic carbocycles. The molecule has 0 saturated heterocycles. The first-order valence-corrected chi connectivity index (χ1v) is 7.61. The monoisotopic (exact) mass is 322 g/mol. The fraction of sp³-hybridized carbons (Fsp3) is 0.0526. The molecule has 0 aromatic heterocycles. The number of halogens is 1. The molecule has 1 N–H and O–H groups in total. The molecule has 0 radical (unpaired) electrons. The number of nitrogens with one attached hydrogen (secondary N) is 1. The van der Waals surface area contributed by atoms with Crippen LogP contribution in [0.2, 0.25) is 5.02 Å². The van der Waals surface area contributed by atoms with Gasteiger partial charge in [-0.05, 0) is 47.5 Å². The summed E-state index contributed by atoms with van der Waals surface area (Å²) in [6.45, 7) is 1.86. The topological polar surface area (TPSA) is 41.5 Å². The summed E-state index contributed by atoms with van der Waals surface area (Å²) in [7, 11) is 0. The summed E-state index contributed by atoms with van der Waals surface area (Å²) in [5.41, 5.74) is 4.75. The van der Waals surface area contributed by atoms with E-state index in [4.69, 9.17) is 11.6 Å². The Labute approximate surface area is 139 Å². The third-order valence-electron chi connectivity index (χ3n) is 3.58. The summed E-state index contributed by atoms with van der Waals surface area (Å²) in [6.07, 6.45) is 0. The largest absolute Gasteiger partial charge is 0.271 e. The van der Waals surface area contributed by atoms with Gasteiger partial charge in [-0.15, -0.1) is 0 Å². The molecule has 0 saturated carbocycles. The highest BCUT2D eigenvalue weighted by Crippen LogP contribution is 2.16. The van der Waals surface area contributed by atoms with Gasteiger partial charge in [-0.25, -0.2) is 5.43 Å². The van der Waals surface area contributed by atoms with E-state index < -0.39 is 0 Å². The first kappa shape index (κ1) is 15.3. The van der Waals surface area contributed by atoms with Crippen molar-refractivity contribution < 1.29 is 4.79 Å². The Kier molecular flexibility index (Phi) is 4.40. The minimum absolute atomic E-state index is 0.285. The maximum Gasteiger partial charge on any atom is 0.271 e. The second-order valence-electron chi connectivity index (χ2n) is 5.21. The SMILES string of the molecule is C/C(=N\NC(=O)c1cccc(Cl)c1)c1ccc2ccccc2c1. The van der Waals surface area contributed by atoms with Crippen LogP contribution in [0, 0.1) is 0 Å². The molecular formula is C19H15ClN2O. The molecule has 114 valence electrons. The van der Waals surface area contributed by atoms with E-state index in [1.165, 1.54) is 5.39 Å². The number of amides is 1. The minimum Gasteiger partial charge on any atom is -0.267 e. The van der Waals surface area contributed by atoms with E-state index in [1.54, 1.807) is 24.3 Å². The summed E-state index contributed by atoms with van der Waals surface area (Å²) in [5.74, 6) is -0.285. The number of benzene rings is 3. The normalized spacial score (nSPS) is 11.5. The number of fused-ring (bicyclic) bond motifs is 1. The molecule has 0 bridgehead atoms. The molecule has 1 amide bonds. The van der Waals surface area contributed by atoms with Crippen LogP contribution in [-0.2, 0) is 0 Å². The van der Waals surface area contributed by atoms with Crippen LogP contribution in [-0.4, -0.2) is 11.6 Å². The average molecular weight is 323 g/mol. The maximum atomic E-state index is 12.1. The predicted molar refractivity (Wildman–Crippen MR) is 95.1 cm³/mol. The first-order chi connectivity index (χ1) is 11.1. The fourth-order valence-electron chi connectivity index (χ4n) is 2.31. The van der Waals surface area contributed by atoms with Gasteiger partial charge in [-0.2, -0.15) is 5.10 Å². The fourth-order valence-corrected chi connectivity index (χ4v) is 2.50. The van der Waals surface area contributed by atoms with Gasteiger partial charge in [-0.3, -0.25) is 4.79 Å². The number of carbonyl (C=O) groups is 1. The van der Waals surface area contributed by atoms with Crippen molar-refractivity contribution in [2.75, 3.05) is 0 Å². The van der Waals surface area contributed by atoms with Gasteiger partial charge in [0.2, 0.25) is 0 Å². The average Bonchev–Trinajstić information content (AvgIpc) is 2.59. The number of carbonyl (C=O) groups excluding carboxylic acids is 1. The zero-order chi connectivity index (χ0) is 16.2. The summed E-state index contributed by atoms with van der Waals surface area (Å²) in [4.78, 5) is 12.1. The smallest absolute Gasteiger partial charge is 0.267 e. The summed E-state index contributed by atoms with van der Waals surface area (Å²) < 4.78 is 0. The molecular weight excluding hydrogens is 308 g/mol. The van der Waals surface area contributed by atoms with Crippen LogP contribution < -0.4 is 5.43 Å². The van der Waals surface area contributed by atoms with Gasteiger partial charge in [0.25, 0.3) is 5.91 Å². The second kappa shape index (κ2) is 6.63. The van der Waals surface area contributed by atoms with E-state index in [0.717, 1.165) is 16.7 Å². The lowest BCUT2D eigenvalue weighted by atomic mass is 10.0. The third kappa shape index (κ3) is 3.58. The molecule has 3 nitrogen and oxygen atoms in total. The molecule has 23 heavy (non-hydrogen) atoms. The molecule has 0 fully saturated rings. The highest BCUT2D eigenvalue weighted by Gasteiger charge is 2.05. The Morgan fingerprint density at radius 1 is 0.913 bits per heavy atom. The Morgan fingerprint density at radius 3 is 2.48 bits per heavy atom. The van der Waals surface area contributed by atoms with E-state index in [9.17, 15) is 4.79 Å². The zero-order valence-electron chi connectivity index (χ0n) is 12.6. The highest BCUT2D eigenvalue weighted by atomic mass is 35.5. The Hall–Kier alpha value is -2.65. The van der Waals surface area contributed by atoms with Crippen LogP contribution in [0.25, 0.3) is 10.8 Å². The molecule has 4 heteroatoms.